The van der Waals surface area contributed by atoms with Crippen LogP contribution in [0.4, 0.5) is 0 Å². The monoisotopic (exact) mass is 223 g/mol. The van der Waals surface area contributed by atoms with Crippen molar-refractivity contribution in [2.45, 2.75) is 31.2 Å². The molecule has 5 nitrogen and oxygen atoms in total. The molecule has 1 aromatic rings. The van der Waals surface area contributed by atoms with E-state index in [2.05, 4.69) is 5.10 Å². The van der Waals surface area contributed by atoms with Crippen LogP contribution < -0.4 is 5.73 Å². The fourth-order valence-electron chi connectivity index (χ4n) is 2.20. The number of aryl methyl sites for hydroxylation is 1. The molecule has 0 aliphatic heterocycles. The highest BCUT2D eigenvalue weighted by atomic mass is 16.5. The smallest absolute Gasteiger partial charge is 0.358 e. The van der Waals surface area contributed by atoms with Crippen LogP contribution in [0, 0.1) is 0 Å². The van der Waals surface area contributed by atoms with Gasteiger partial charge in [0.2, 0.25) is 0 Å². The minimum absolute atomic E-state index is 0.0279. The largest absolute Gasteiger partial charge is 0.464 e. The van der Waals surface area contributed by atoms with Crippen LogP contribution in [-0.2, 0) is 17.2 Å². The van der Waals surface area contributed by atoms with E-state index in [-0.39, 0.29) is 17.4 Å². The van der Waals surface area contributed by atoms with Crippen LogP contribution in [-0.4, -0.2) is 28.9 Å². The number of esters is 1. The minimum atomic E-state index is -0.387. The van der Waals surface area contributed by atoms with Gasteiger partial charge in [0.05, 0.1) is 7.11 Å². The third-order valence-corrected chi connectivity index (χ3v) is 3.40. The summed E-state index contributed by atoms with van der Waals surface area (Å²) in [6, 6.07) is 0.0279. The number of nitrogens with two attached hydrogens (primary N) is 1. The highest BCUT2D eigenvalue weighted by molar-refractivity contribution is 5.89. The van der Waals surface area contributed by atoms with Gasteiger partial charge in [-0.3, -0.25) is 4.68 Å². The van der Waals surface area contributed by atoms with Crippen LogP contribution in [0.15, 0.2) is 6.20 Å². The number of hydrogen-bond donors (Lipinski definition) is 1. The number of nitrogens with zero attached hydrogens (tertiary/aromatic N) is 2. The van der Waals surface area contributed by atoms with Crippen molar-refractivity contribution >= 4 is 5.97 Å². The van der Waals surface area contributed by atoms with Crippen molar-refractivity contribution in [2.24, 2.45) is 12.8 Å². The third kappa shape index (κ3) is 1.51. The van der Waals surface area contributed by atoms with Gasteiger partial charge in [0, 0.05) is 30.3 Å². The van der Waals surface area contributed by atoms with Crippen molar-refractivity contribution in [1.29, 1.82) is 0 Å². The van der Waals surface area contributed by atoms with E-state index < -0.39 is 0 Å². The summed E-state index contributed by atoms with van der Waals surface area (Å²) in [6.45, 7) is 1.97. The van der Waals surface area contributed by atoms with E-state index in [9.17, 15) is 4.79 Å². The lowest BCUT2D eigenvalue weighted by atomic mass is 9.90. The molecule has 0 saturated heterocycles. The molecule has 1 atom stereocenters. The van der Waals surface area contributed by atoms with Crippen LogP contribution in [0.3, 0.4) is 0 Å². The quantitative estimate of drug-likeness (QED) is 0.761. The van der Waals surface area contributed by atoms with Gasteiger partial charge in [-0.15, -0.1) is 0 Å². The Kier molecular flexibility index (Phi) is 2.50. The van der Waals surface area contributed by atoms with Crippen molar-refractivity contribution < 1.29 is 9.53 Å². The molecule has 1 aromatic heterocycles. The average Bonchev–Trinajstić information content (AvgIpc) is 2.96. The Labute approximate surface area is 94.6 Å². The summed E-state index contributed by atoms with van der Waals surface area (Å²) in [5.41, 5.74) is 7.25. The number of ether oxygens (including phenoxy) is 1. The van der Waals surface area contributed by atoms with Crippen molar-refractivity contribution in [2.75, 3.05) is 7.11 Å². The summed E-state index contributed by atoms with van der Waals surface area (Å²) < 4.78 is 6.38. The molecule has 16 heavy (non-hydrogen) atoms. The molecule has 0 amide bonds. The first-order valence-corrected chi connectivity index (χ1v) is 5.39. The van der Waals surface area contributed by atoms with Crippen LogP contribution in [0.25, 0.3) is 0 Å². The van der Waals surface area contributed by atoms with Crippen molar-refractivity contribution in [3.8, 4) is 0 Å². The van der Waals surface area contributed by atoms with E-state index in [0.29, 0.717) is 5.69 Å². The number of aromatic nitrogens is 2. The van der Waals surface area contributed by atoms with E-state index >= 15 is 0 Å². The minimum Gasteiger partial charge on any atom is -0.464 e. The van der Waals surface area contributed by atoms with Crippen molar-refractivity contribution in [1.82, 2.24) is 9.78 Å². The summed E-state index contributed by atoms with van der Waals surface area (Å²) >= 11 is 0. The van der Waals surface area contributed by atoms with Crippen molar-refractivity contribution in [3.05, 3.63) is 17.5 Å². The highest BCUT2D eigenvalue weighted by Gasteiger charge is 2.50. The van der Waals surface area contributed by atoms with E-state index in [1.165, 1.54) is 7.11 Å². The molecule has 2 rings (SSSR count). The Bertz CT molecular complexity index is 419. The molecule has 0 bridgehead atoms. The van der Waals surface area contributed by atoms with Gasteiger partial charge in [0.25, 0.3) is 0 Å². The Morgan fingerprint density at radius 2 is 2.31 bits per heavy atom. The Hall–Kier alpha value is -1.36. The molecule has 2 N–H and O–H groups in total. The summed E-state index contributed by atoms with van der Waals surface area (Å²) in [6.07, 6.45) is 3.91. The van der Waals surface area contributed by atoms with Gasteiger partial charge in [0.1, 0.15) is 0 Å². The zero-order valence-electron chi connectivity index (χ0n) is 9.86. The molecule has 0 spiro atoms. The SMILES string of the molecule is COC(=O)c1nn(C)cc1C1(C(C)N)CC1. The first kappa shape index (κ1) is 11.1. The molecule has 0 aromatic carbocycles. The maximum Gasteiger partial charge on any atom is 0.358 e. The predicted molar refractivity (Wildman–Crippen MR) is 59.1 cm³/mol. The summed E-state index contributed by atoms with van der Waals surface area (Å²) in [5, 5.41) is 4.16. The Morgan fingerprint density at radius 3 is 2.75 bits per heavy atom. The predicted octanol–water partition coefficient (Wildman–Crippen LogP) is 0.585. The number of carbonyl (C=O) groups excluding carboxylic acids is 1. The number of rotatable bonds is 3. The second-order valence-corrected chi connectivity index (χ2v) is 4.50. The third-order valence-electron chi connectivity index (χ3n) is 3.40. The molecule has 1 aliphatic rings. The molecule has 88 valence electrons. The summed E-state index contributed by atoms with van der Waals surface area (Å²) in [7, 11) is 3.17. The second kappa shape index (κ2) is 3.59. The topological polar surface area (TPSA) is 70.1 Å². The lowest BCUT2D eigenvalue weighted by Crippen LogP contribution is -2.32. The summed E-state index contributed by atoms with van der Waals surface area (Å²) in [4.78, 5) is 11.6. The molecule has 1 saturated carbocycles. The van der Waals surface area contributed by atoms with Gasteiger partial charge in [-0.05, 0) is 19.8 Å². The fraction of sp³-hybridized carbons (Fsp3) is 0.636. The van der Waals surface area contributed by atoms with Crippen LogP contribution in [0.5, 0.6) is 0 Å². The normalized spacial score (nSPS) is 19.2. The number of carbonyl (C=O) groups is 1. The lowest BCUT2D eigenvalue weighted by molar-refractivity contribution is 0.0591. The second-order valence-electron chi connectivity index (χ2n) is 4.50. The first-order valence-electron chi connectivity index (χ1n) is 5.39. The average molecular weight is 223 g/mol. The maximum absolute atomic E-state index is 11.6. The molecular weight excluding hydrogens is 206 g/mol. The lowest BCUT2D eigenvalue weighted by Gasteiger charge is -2.18. The van der Waals surface area contributed by atoms with Crippen LogP contribution >= 0.6 is 0 Å². The summed E-state index contributed by atoms with van der Waals surface area (Å²) in [5.74, 6) is -0.387. The molecule has 1 heterocycles. The molecule has 0 radical (unpaired) electrons. The number of methoxy groups -OCH3 is 1. The van der Waals surface area contributed by atoms with E-state index in [1.807, 2.05) is 13.1 Å². The van der Waals surface area contributed by atoms with Crippen LogP contribution in [0.1, 0.15) is 35.8 Å². The molecule has 1 fully saturated rings. The van der Waals surface area contributed by atoms with Gasteiger partial charge in [-0.2, -0.15) is 5.10 Å². The maximum atomic E-state index is 11.6. The Morgan fingerprint density at radius 1 is 1.69 bits per heavy atom. The number of hydrogen-bond acceptors (Lipinski definition) is 4. The van der Waals surface area contributed by atoms with E-state index in [0.717, 1.165) is 18.4 Å². The van der Waals surface area contributed by atoms with Gasteiger partial charge >= 0.3 is 5.97 Å². The van der Waals surface area contributed by atoms with Gasteiger partial charge < -0.3 is 10.5 Å². The standard InChI is InChI=1S/C11H17N3O2/c1-7(12)11(4-5-11)8-6-14(2)13-9(8)10(15)16-3/h6-7H,4-5,12H2,1-3H3. The van der Waals surface area contributed by atoms with E-state index in [1.54, 1.807) is 11.7 Å². The molecular formula is C11H17N3O2. The Balaban J connectivity index is 2.45. The molecule has 1 unspecified atom stereocenters. The first-order chi connectivity index (χ1) is 7.51. The zero-order valence-corrected chi connectivity index (χ0v) is 9.86. The molecule has 1 aliphatic carbocycles. The van der Waals surface area contributed by atoms with Crippen molar-refractivity contribution in [3.63, 3.8) is 0 Å². The fourth-order valence-corrected chi connectivity index (χ4v) is 2.20. The van der Waals surface area contributed by atoms with Crippen LogP contribution in [0.2, 0.25) is 0 Å². The van der Waals surface area contributed by atoms with Gasteiger partial charge in [-0.25, -0.2) is 4.79 Å². The molecule has 5 heteroatoms. The van der Waals surface area contributed by atoms with E-state index in [4.69, 9.17) is 10.5 Å². The zero-order chi connectivity index (χ0) is 11.9. The van der Waals surface area contributed by atoms with Gasteiger partial charge in [-0.1, -0.05) is 0 Å². The highest BCUT2D eigenvalue weighted by Crippen LogP contribution is 2.51. The van der Waals surface area contributed by atoms with Gasteiger partial charge in [0.15, 0.2) is 5.69 Å².